The molecule has 0 aromatic rings. The standard InChI is InChI=1S/C20H33NO3S/c22-19(5-8-25(23,24)18-3-1-2-4-18)21-7-6-20-12-15-9-16(13-20)11-17(10-15)14-20/h15-18H,1-14H2,(H,21,22). The predicted octanol–water partition coefficient (Wildman–Crippen LogP) is 3.46. The summed E-state index contributed by atoms with van der Waals surface area (Å²) in [5.41, 5.74) is 0.484. The van der Waals surface area contributed by atoms with Crippen molar-refractivity contribution in [1.29, 1.82) is 0 Å². The molecule has 4 bridgehead atoms. The lowest BCUT2D eigenvalue weighted by atomic mass is 9.49. The topological polar surface area (TPSA) is 63.2 Å². The lowest BCUT2D eigenvalue weighted by molar-refractivity contribution is -0.121. The van der Waals surface area contributed by atoms with Crippen molar-refractivity contribution in [2.45, 2.75) is 82.3 Å². The zero-order chi connectivity index (χ0) is 17.5. The molecule has 5 saturated carbocycles. The quantitative estimate of drug-likeness (QED) is 0.749. The van der Waals surface area contributed by atoms with Crippen LogP contribution in [0.15, 0.2) is 0 Å². The van der Waals surface area contributed by atoms with Gasteiger partial charge in [-0.3, -0.25) is 4.79 Å². The second-order valence-electron chi connectivity index (χ2n) is 9.54. The van der Waals surface area contributed by atoms with Gasteiger partial charge in [0.25, 0.3) is 0 Å². The molecule has 5 aliphatic carbocycles. The molecule has 0 unspecified atom stereocenters. The maximum absolute atomic E-state index is 12.3. The van der Waals surface area contributed by atoms with Gasteiger partial charge in [0.2, 0.25) is 5.91 Å². The normalized spacial score (nSPS) is 37.5. The molecule has 0 saturated heterocycles. The molecule has 4 nitrogen and oxygen atoms in total. The number of amides is 1. The van der Waals surface area contributed by atoms with E-state index in [-0.39, 0.29) is 23.3 Å². The Hall–Kier alpha value is -0.580. The molecule has 25 heavy (non-hydrogen) atoms. The fourth-order valence-electron chi connectivity index (χ4n) is 6.80. The summed E-state index contributed by atoms with van der Waals surface area (Å²) < 4.78 is 24.5. The molecule has 1 amide bonds. The van der Waals surface area contributed by atoms with E-state index in [0.717, 1.165) is 56.4 Å². The molecular weight excluding hydrogens is 334 g/mol. The fraction of sp³-hybridized carbons (Fsp3) is 0.950. The summed E-state index contributed by atoms with van der Waals surface area (Å²) in [5, 5.41) is 2.83. The van der Waals surface area contributed by atoms with Gasteiger partial charge in [0.15, 0.2) is 9.84 Å². The molecule has 5 rings (SSSR count). The van der Waals surface area contributed by atoms with E-state index >= 15 is 0 Å². The second kappa shape index (κ2) is 6.86. The van der Waals surface area contributed by atoms with Crippen LogP contribution in [0.1, 0.15) is 77.0 Å². The SMILES string of the molecule is O=C(CCS(=O)(=O)C1CCCC1)NCCC12CC3CC(CC(C3)C1)C2. The van der Waals surface area contributed by atoms with Gasteiger partial charge in [-0.1, -0.05) is 12.8 Å². The minimum Gasteiger partial charge on any atom is -0.356 e. The van der Waals surface area contributed by atoms with Crippen molar-refractivity contribution in [3.63, 3.8) is 0 Å². The Labute approximate surface area is 152 Å². The van der Waals surface area contributed by atoms with Crippen LogP contribution >= 0.6 is 0 Å². The van der Waals surface area contributed by atoms with Crippen LogP contribution in [0, 0.1) is 23.2 Å². The van der Waals surface area contributed by atoms with Gasteiger partial charge in [-0.15, -0.1) is 0 Å². The van der Waals surface area contributed by atoms with Crippen LogP contribution in [0.2, 0.25) is 0 Å². The van der Waals surface area contributed by atoms with Gasteiger partial charge in [0.05, 0.1) is 11.0 Å². The lowest BCUT2D eigenvalue weighted by Crippen LogP contribution is -2.47. The smallest absolute Gasteiger partial charge is 0.221 e. The molecule has 0 aliphatic heterocycles. The number of rotatable bonds is 7. The minimum atomic E-state index is -3.08. The third kappa shape index (κ3) is 3.91. The average molecular weight is 368 g/mol. The van der Waals surface area contributed by atoms with E-state index in [2.05, 4.69) is 5.32 Å². The number of sulfone groups is 1. The molecule has 0 aromatic carbocycles. The first kappa shape index (κ1) is 17.8. The van der Waals surface area contributed by atoms with E-state index in [0.29, 0.717) is 5.41 Å². The molecule has 1 N–H and O–H groups in total. The van der Waals surface area contributed by atoms with Crippen LogP contribution in [0.25, 0.3) is 0 Å². The third-order valence-corrected chi connectivity index (χ3v) is 9.83. The van der Waals surface area contributed by atoms with Gasteiger partial charge in [-0.2, -0.15) is 0 Å². The number of carbonyl (C=O) groups is 1. The van der Waals surface area contributed by atoms with E-state index in [1.54, 1.807) is 0 Å². The van der Waals surface area contributed by atoms with Crippen molar-refractivity contribution in [2.75, 3.05) is 12.3 Å². The van der Waals surface area contributed by atoms with E-state index in [1.165, 1.54) is 38.5 Å². The van der Waals surface area contributed by atoms with Crippen LogP contribution in [-0.4, -0.2) is 31.9 Å². The van der Waals surface area contributed by atoms with Crippen molar-refractivity contribution in [3.05, 3.63) is 0 Å². The van der Waals surface area contributed by atoms with E-state index in [9.17, 15) is 13.2 Å². The molecule has 0 atom stereocenters. The molecule has 0 radical (unpaired) electrons. The minimum absolute atomic E-state index is 0.0286. The number of nitrogens with one attached hydrogen (secondary N) is 1. The Morgan fingerprint density at radius 2 is 1.52 bits per heavy atom. The van der Waals surface area contributed by atoms with Gasteiger partial charge in [-0.05, 0) is 81.0 Å². The Balaban J connectivity index is 1.20. The first-order chi connectivity index (χ1) is 11.9. The third-order valence-electron chi connectivity index (χ3n) is 7.57. The van der Waals surface area contributed by atoms with Gasteiger partial charge < -0.3 is 5.32 Å². The highest BCUT2D eigenvalue weighted by Crippen LogP contribution is 2.61. The van der Waals surface area contributed by atoms with E-state index < -0.39 is 9.84 Å². The summed E-state index contributed by atoms with van der Waals surface area (Å²) in [4.78, 5) is 12.1. The zero-order valence-corrected chi connectivity index (χ0v) is 16.2. The molecule has 142 valence electrons. The number of hydrogen-bond donors (Lipinski definition) is 1. The van der Waals surface area contributed by atoms with Crippen LogP contribution in [0.4, 0.5) is 0 Å². The van der Waals surface area contributed by atoms with Gasteiger partial charge in [-0.25, -0.2) is 8.42 Å². The highest BCUT2D eigenvalue weighted by atomic mass is 32.2. The van der Waals surface area contributed by atoms with Crippen molar-refractivity contribution in [2.24, 2.45) is 23.2 Å². The maximum atomic E-state index is 12.3. The Morgan fingerprint density at radius 3 is 2.08 bits per heavy atom. The van der Waals surface area contributed by atoms with Crippen molar-refractivity contribution in [3.8, 4) is 0 Å². The van der Waals surface area contributed by atoms with Crippen LogP contribution in [0.5, 0.6) is 0 Å². The zero-order valence-electron chi connectivity index (χ0n) is 15.3. The second-order valence-corrected chi connectivity index (χ2v) is 11.9. The van der Waals surface area contributed by atoms with E-state index in [4.69, 9.17) is 0 Å². The monoisotopic (exact) mass is 367 g/mol. The summed E-state index contributed by atoms with van der Waals surface area (Å²) >= 11 is 0. The molecule has 0 heterocycles. The molecule has 5 fully saturated rings. The van der Waals surface area contributed by atoms with Crippen molar-refractivity contribution >= 4 is 15.7 Å². The Morgan fingerprint density at radius 1 is 0.960 bits per heavy atom. The summed E-state index contributed by atoms with van der Waals surface area (Å²) in [7, 11) is -3.08. The number of hydrogen-bond acceptors (Lipinski definition) is 3. The van der Waals surface area contributed by atoms with Gasteiger partial charge >= 0.3 is 0 Å². The molecule has 5 aliphatic rings. The summed E-state index contributed by atoms with van der Waals surface area (Å²) in [5.74, 6) is 2.78. The highest BCUT2D eigenvalue weighted by Gasteiger charge is 2.50. The van der Waals surface area contributed by atoms with Crippen LogP contribution < -0.4 is 5.32 Å². The summed E-state index contributed by atoms with van der Waals surface area (Å²) in [6.45, 7) is 0.731. The van der Waals surface area contributed by atoms with E-state index in [1.807, 2.05) is 0 Å². The largest absolute Gasteiger partial charge is 0.356 e. The Kier molecular flexibility index (Phi) is 4.89. The molecular formula is C20H33NO3S. The average Bonchev–Trinajstić information content (AvgIpc) is 3.07. The summed E-state index contributed by atoms with van der Waals surface area (Å²) in [6, 6.07) is 0. The highest BCUT2D eigenvalue weighted by molar-refractivity contribution is 7.92. The molecule has 0 aromatic heterocycles. The van der Waals surface area contributed by atoms with Crippen LogP contribution in [-0.2, 0) is 14.6 Å². The molecule has 5 heteroatoms. The lowest BCUT2D eigenvalue weighted by Gasteiger charge is -2.57. The summed E-state index contributed by atoms with van der Waals surface area (Å²) in [6.07, 6.45) is 13.3. The maximum Gasteiger partial charge on any atom is 0.221 e. The molecule has 0 spiro atoms. The fourth-order valence-corrected chi connectivity index (χ4v) is 8.66. The van der Waals surface area contributed by atoms with Crippen LogP contribution in [0.3, 0.4) is 0 Å². The van der Waals surface area contributed by atoms with Crippen molar-refractivity contribution < 1.29 is 13.2 Å². The number of carbonyl (C=O) groups excluding carboxylic acids is 1. The first-order valence-corrected chi connectivity index (χ1v) is 12.1. The van der Waals surface area contributed by atoms with Gasteiger partial charge in [0.1, 0.15) is 0 Å². The first-order valence-electron chi connectivity index (χ1n) is 10.4. The van der Waals surface area contributed by atoms with Crippen molar-refractivity contribution in [1.82, 2.24) is 5.32 Å². The predicted molar refractivity (Wildman–Crippen MR) is 98.9 cm³/mol. The Bertz CT molecular complexity index is 571. The van der Waals surface area contributed by atoms with Gasteiger partial charge in [0, 0.05) is 13.0 Å².